The lowest BCUT2D eigenvalue weighted by Crippen LogP contribution is -2.56. The number of nitrogens with one attached hydrogen (secondary N) is 1. The molecule has 1 N–H and O–H groups in total. The van der Waals surface area contributed by atoms with Crippen LogP contribution in [0.15, 0.2) is 30.3 Å². The molecule has 0 aromatic heterocycles. The third-order valence-electron chi connectivity index (χ3n) is 4.96. The van der Waals surface area contributed by atoms with Gasteiger partial charge in [0, 0.05) is 46.3 Å². The summed E-state index contributed by atoms with van der Waals surface area (Å²) in [6.45, 7) is 8.75. The van der Waals surface area contributed by atoms with Crippen LogP contribution in [0.4, 0.5) is 9.59 Å². The third-order valence-corrected chi connectivity index (χ3v) is 4.96. The fourth-order valence-corrected chi connectivity index (χ4v) is 3.51. The van der Waals surface area contributed by atoms with Crippen LogP contribution in [-0.2, 0) is 5.41 Å². The molecule has 1 fully saturated rings. The molecular formula is C20H32N4O2. The normalized spacial score (nSPS) is 16.2. The first-order valence-corrected chi connectivity index (χ1v) is 9.28. The van der Waals surface area contributed by atoms with Crippen molar-refractivity contribution in [3.05, 3.63) is 35.9 Å². The molecule has 0 aliphatic carbocycles. The maximum absolute atomic E-state index is 12.5. The molecule has 0 bridgehead atoms. The highest BCUT2D eigenvalue weighted by Crippen LogP contribution is 2.28. The Morgan fingerprint density at radius 3 is 2.15 bits per heavy atom. The molecule has 0 radical (unpaired) electrons. The van der Waals surface area contributed by atoms with Crippen LogP contribution in [-0.4, -0.2) is 73.1 Å². The molecule has 0 spiro atoms. The monoisotopic (exact) mass is 360 g/mol. The zero-order valence-corrected chi connectivity index (χ0v) is 16.7. The quantitative estimate of drug-likeness (QED) is 0.898. The highest BCUT2D eigenvalue weighted by atomic mass is 16.2. The Balaban J connectivity index is 1.83. The van der Waals surface area contributed by atoms with Gasteiger partial charge in [0.25, 0.3) is 0 Å². The van der Waals surface area contributed by atoms with Gasteiger partial charge in [-0.2, -0.15) is 0 Å². The molecule has 4 amide bonds. The van der Waals surface area contributed by atoms with Gasteiger partial charge in [0.05, 0.1) is 0 Å². The van der Waals surface area contributed by atoms with E-state index < -0.39 is 0 Å². The Labute approximate surface area is 157 Å². The number of nitrogens with zero attached hydrogens (tertiary/aromatic N) is 3. The molecule has 1 aromatic rings. The van der Waals surface area contributed by atoms with Gasteiger partial charge in [-0.25, -0.2) is 9.59 Å². The number of piperazine rings is 1. The summed E-state index contributed by atoms with van der Waals surface area (Å²) < 4.78 is 0. The van der Waals surface area contributed by atoms with E-state index in [4.69, 9.17) is 0 Å². The zero-order chi connectivity index (χ0) is 19.3. The van der Waals surface area contributed by atoms with Crippen LogP contribution in [0.1, 0.15) is 32.8 Å². The highest BCUT2D eigenvalue weighted by molar-refractivity contribution is 5.76. The largest absolute Gasteiger partial charge is 0.336 e. The summed E-state index contributed by atoms with van der Waals surface area (Å²) in [6.07, 6.45) is 0.863. The second kappa shape index (κ2) is 8.43. The van der Waals surface area contributed by atoms with E-state index in [9.17, 15) is 9.59 Å². The Bertz CT molecular complexity index is 607. The fraction of sp³-hybridized carbons (Fsp3) is 0.600. The molecule has 26 heavy (non-hydrogen) atoms. The van der Waals surface area contributed by atoms with Crippen LogP contribution in [0.5, 0.6) is 0 Å². The lowest BCUT2D eigenvalue weighted by Gasteiger charge is -2.37. The van der Waals surface area contributed by atoms with E-state index in [0.29, 0.717) is 26.2 Å². The predicted octanol–water partition coefficient (Wildman–Crippen LogP) is 2.75. The van der Waals surface area contributed by atoms with Gasteiger partial charge < -0.3 is 20.0 Å². The molecule has 6 heteroatoms. The average molecular weight is 361 g/mol. The molecule has 144 valence electrons. The molecule has 1 atom stereocenters. The lowest BCUT2D eigenvalue weighted by atomic mass is 9.79. The minimum absolute atomic E-state index is 0.00281. The minimum Gasteiger partial charge on any atom is -0.336 e. The van der Waals surface area contributed by atoms with Crippen molar-refractivity contribution in [1.82, 2.24) is 20.0 Å². The van der Waals surface area contributed by atoms with Crippen molar-refractivity contribution in [2.45, 2.75) is 38.6 Å². The van der Waals surface area contributed by atoms with E-state index in [-0.39, 0.29) is 23.5 Å². The van der Waals surface area contributed by atoms with E-state index in [1.807, 2.05) is 6.07 Å². The van der Waals surface area contributed by atoms with Crippen LogP contribution in [0.3, 0.4) is 0 Å². The van der Waals surface area contributed by atoms with Crippen LogP contribution >= 0.6 is 0 Å². The van der Waals surface area contributed by atoms with Gasteiger partial charge in [0.2, 0.25) is 0 Å². The summed E-state index contributed by atoms with van der Waals surface area (Å²) in [4.78, 5) is 29.7. The Kier molecular flexibility index (Phi) is 6.51. The molecule has 1 aliphatic heterocycles. The highest BCUT2D eigenvalue weighted by Gasteiger charge is 2.28. The van der Waals surface area contributed by atoms with Crippen molar-refractivity contribution in [1.29, 1.82) is 0 Å². The van der Waals surface area contributed by atoms with Gasteiger partial charge in [-0.3, -0.25) is 0 Å². The summed E-state index contributed by atoms with van der Waals surface area (Å²) in [5, 5.41) is 3.12. The zero-order valence-electron chi connectivity index (χ0n) is 16.7. The summed E-state index contributed by atoms with van der Waals surface area (Å²) in [5.74, 6) is 0. The first-order valence-electron chi connectivity index (χ1n) is 9.28. The maximum Gasteiger partial charge on any atom is 0.319 e. The summed E-state index contributed by atoms with van der Waals surface area (Å²) in [6, 6.07) is 10.4. The Morgan fingerprint density at radius 2 is 1.62 bits per heavy atom. The van der Waals surface area contributed by atoms with E-state index in [0.717, 1.165) is 6.42 Å². The molecule has 1 aliphatic rings. The second-order valence-electron chi connectivity index (χ2n) is 7.96. The van der Waals surface area contributed by atoms with Crippen molar-refractivity contribution in [3.8, 4) is 0 Å². The van der Waals surface area contributed by atoms with Crippen molar-refractivity contribution in [3.63, 3.8) is 0 Å². The van der Waals surface area contributed by atoms with E-state index in [1.165, 1.54) is 5.56 Å². The van der Waals surface area contributed by atoms with Crippen molar-refractivity contribution >= 4 is 12.1 Å². The average Bonchev–Trinajstić information content (AvgIpc) is 2.61. The topological polar surface area (TPSA) is 55.9 Å². The maximum atomic E-state index is 12.5. The first-order chi connectivity index (χ1) is 12.2. The SMILES string of the molecule is CC(CC(C)(C)c1ccccc1)NC(=O)N1CCN(C(=O)N(C)C)CC1. The number of amides is 4. The van der Waals surface area contributed by atoms with Crippen LogP contribution in [0.2, 0.25) is 0 Å². The van der Waals surface area contributed by atoms with Gasteiger partial charge in [-0.1, -0.05) is 44.2 Å². The smallest absolute Gasteiger partial charge is 0.319 e. The third kappa shape index (κ3) is 5.13. The second-order valence-corrected chi connectivity index (χ2v) is 7.96. The van der Waals surface area contributed by atoms with Gasteiger partial charge in [-0.05, 0) is 24.3 Å². The van der Waals surface area contributed by atoms with Crippen LogP contribution in [0.25, 0.3) is 0 Å². The van der Waals surface area contributed by atoms with Crippen LogP contribution < -0.4 is 5.32 Å². The summed E-state index contributed by atoms with van der Waals surface area (Å²) >= 11 is 0. The van der Waals surface area contributed by atoms with E-state index >= 15 is 0 Å². The number of carbonyl (C=O) groups excluding carboxylic acids is 2. The van der Waals surface area contributed by atoms with Crippen LogP contribution in [0, 0.1) is 0 Å². The molecule has 1 heterocycles. The summed E-state index contributed by atoms with van der Waals surface area (Å²) in [7, 11) is 3.50. The molecule has 6 nitrogen and oxygen atoms in total. The number of hydrogen-bond donors (Lipinski definition) is 1. The van der Waals surface area contributed by atoms with Crippen molar-refractivity contribution < 1.29 is 9.59 Å². The number of urea groups is 2. The lowest BCUT2D eigenvalue weighted by molar-refractivity contribution is 0.127. The van der Waals surface area contributed by atoms with E-state index in [2.05, 4.69) is 50.4 Å². The van der Waals surface area contributed by atoms with Crippen molar-refractivity contribution in [2.75, 3.05) is 40.3 Å². The van der Waals surface area contributed by atoms with Gasteiger partial charge >= 0.3 is 12.1 Å². The van der Waals surface area contributed by atoms with Crippen molar-refractivity contribution in [2.24, 2.45) is 0 Å². The molecule has 1 aromatic carbocycles. The minimum atomic E-state index is -0.0432. The molecular weight excluding hydrogens is 328 g/mol. The number of carbonyl (C=O) groups is 2. The van der Waals surface area contributed by atoms with E-state index in [1.54, 1.807) is 28.8 Å². The van der Waals surface area contributed by atoms with Gasteiger partial charge in [0.1, 0.15) is 0 Å². The molecule has 1 saturated heterocycles. The molecule has 0 saturated carbocycles. The van der Waals surface area contributed by atoms with Gasteiger partial charge in [-0.15, -0.1) is 0 Å². The molecule has 2 rings (SSSR count). The fourth-order valence-electron chi connectivity index (χ4n) is 3.51. The predicted molar refractivity (Wildman–Crippen MR) is 104 cm³/mol. The first kappa shape index (κ1) is 20.1. The standard InChI is InChI=1S/C20H32N4O2/c1-16(15-20(2,3)17-9-7-6-8-10-17)21-18(25)23-11-13-24(14-12-23)19(26)22(4)5/h6-10,16H,11-15H2,1-5H3,(H,21,25). The Hall–Kier alpha value is -2.24. The van der Waals surface area contributed by atoms with Gasteiger partial charge in [0.15, 0.2) is 0 Å². The number of benzene rings is 1. The number of rotatable bonds is 4. The number of hydrogen-bond acceptors (Lipinski definition) is 2. The Morgan fingerprint density at radius 1 is 1.08 bits per heavy atom. The molecule has 1 unspecified atom stereocenters. The summed E-state index contributed by atoms with van der Waals surface area (Å²) in [5.41, 5.74) is 1.27.